The van der Waals surface area contributed by atoms with Crippen molar-refractivity contribution in [1.82, 2.24) is 30.3 Å². The molecule has 2 aromatic heterocycles. The number of carbonyl (C=O) groups excluding carboxylic acids is 1. The summed E-state index contributed by atoms with van der Waals surface area (Å²) >= 11 is 0. The molecule has 1 aliphatic carbocycles. The van der Waals surface area contributed by atoms with Crippen molar-refractivity contribution in [3.05, 3.63) is 58.9 Å². The lowest BCUT2D eigenvalue weighted by Gasteiger charge is -2.26. The van der Waals surface area contributed by atoms with E-state index in [1.54, 1.807) is 10.9 Å². The maximum Gasteiger partial charge on any atom is 0.273 e. The Morgan fingerprint density at radius 2 is 2.03 bits per heavy atom. The van der Waals surface area contributed by atoms with Gasteiger partial charge in [-0.2, -0.15) is 0 Å². The van der Waals surface area contributed by atoms with Gasteiger partial charge in [-0.15, -0.1) is 5.10 Å². The summed E-state index contributed by atoms with van der Waals surface area (Å²) in [4.78, 5) is 21.7. The molecule has 1 atom stereocenters. The standard InChI is InChI=1S/C22H24N6O3/c1-14-16-6-2-3-7-17(16)25-21(24-14)10-23-22(29)18-12-28(27-26-18)11-15-13-30-19-8-4-5-9-20(19)31-15/h4-5,8-9,12,15H,2-3,6-7,10-11,13H2,1H3,(H,23,29)/t15-/m0/s1. The van der Waals surface area contributed by atoms with Gasteiger partial charge in [-0.25, -0.2) is 14.6 Å². The summed E-state index contributed by atoms with van der Waals surface area (Å²) in [6, 6.07) is 7.54. The molecule has 0 saturated carbocycles. The molecule has 1 amide bonds. The van der Waals surface area contributed by atoms with E-state index in [9.17, 15) is 4.79 Å². The van der Waals surface area contributed by atoms with Crippen molar-refractivity contribution >= 4 is 5.91 Å². The average molecular weight is 420 g/mol. The van der Waals surface area contributed by atoms with Crippen LogP contribution in [-0.2, 0) is 25.9 Å². The molecular weight excluding hydrogens is 396 g/mol. The molecule has 160 valence electrons. The van der Waals surface area contributed by atoms with Crippen molar-refractivity contribution in [2.45, 2.75) is 51.8 Å². The van der Waals surface area contributed by atoms with Crippen molar-refractivity contribution in [1.29, 1.82) is 0 Å². The van der Waals surface area contributed by atoms with Gasteiger partial charge in [0.05, 0.1) is 19.3 Å². The van der Waals surface area contributed by atoms with E-state index in [0.29, 0.717) is 24.7 Å². The van der Waals surface area contributed by atoms with Gasteiger partial charge in [0.15, 0.2) is 23.3 Å². The van der Waals surface area contributed by atoms with E-state index in [2.05, 4.69) is 25.6 Å². The second kappa shape index (κ2) is 8.33. The van der Waals surface area contributed by atoms with Crippen LogP contribution in [0.2, 0.25) is 0 Å². The third-order valence-corrected chi connectivity index (χ3v) is 5.57. The Labute approximate surface area is 179 Å². The molecule has 0 fully saturated rings. The lowest BCUT2D eigenvalue weighted by Crippen LogP contribution is -2.33. The van der Waals surface area contributed by atoms with Gasteiger partial charge in [-0.1, -0.05) is 17.3 Å². The minimum Gasteiger partial charge on any atom is -0.486 e. The van der Waals surface area contributed by atoms with Crippen LogP contribution in [0, 0.1) is 6.92 Å². The van der Waals surface area contributed by atoms with E-state index in [1.165, 1.54) is 12.0 Å². The molecule has 1 aliphatic heterocycles. The zero-order valence-corrected chi connectivity index (χ0v) is 17.4. The van der Waals surface area contributed by atoms with Crippen molar-refractivity contribution in [2.24, 2.45) is 0 Å². The molecule has 0 spiro atoms. The number of aryl methyl sites for hydroxylation is 2. The van der Waals surface area contributed by atoms with E-state index in [-0.39, 0.29) is 24.2 Å². The molecule has 1 aromatic carbocycles. The number of hydrogen-bond donors (Lipinski definition) is 1. The van der Waals surface area contributed by atoms with Crippen LogP contribution >= 0.6 is 0 Å². The van der Waals surface area contributed by atoms with Crippen molar-refractivity contribution in [3.8, 4) is 11.5 Å². The largest absolute Gasteiger partial charge is 0.486 e. The third kappa shape index (κ3) is 4.21. The van der Waals surface area contributed by atoms with Crippen LogP contribution in [0.5, 0.6) is 11.5 Å². The fourth-order valence-electron chi connectivity index (χ4n) is 4.03. The van der Waals surface area contributed by atoms with Gasteiger partial charge < -0.3 is 14.8 Å². The number of hydrogen-bond acceptors (Lipinski definition) is 7. The topological polar surface area (TPSA) is 104 Å². The zero-order chi connectivity index (χ0) is 21.2. The van der Waals surface area contributed by atoms with Gasteiger partial charge in [-0.05, 0) is 50.3 Å². The quantitative estimate of drug-likeness (QED) is 0.673. The second-order valence-corrected chi connectivity index (χ2v) is 7.86. The Balaban J connectivity index is 1.19. The zero-order valence-electron chi connectivity index (χ0n) is 17.4. The fraction of sp³-hybridized carbons (Fsp3) is 0.409. The molecule has 0 unspecified atom stereocenters. The molecule has 1 N–H and O–H groups in total. The van der Waals surface area contributed by atoms with Crippen LogP contribution in [0.15, 0.2) is 30.5 Å². The van der Waals surface area contributed by atoms with Crippen LogP contribution in [0.25, 0.3) is 0 Å². The Morgan fingerprint density at radius 3 is 2.94 bits per heavy atom. The first-order valence-corrected chi connectivity index (χ1v) is 10.6. The summed E-state index contributed by atoms with van der Waals surface area (Å²) in [7, 11) is 0. The molecule has 3 aromatic rings. The second-order valence-electron chi connectivity index (χ2n) is 7.86. The minimum atomic E-state index is -0.309. The van der Waals surface area contributed by atoms with E-state index in [1.807, 2.05) is 31.2 Å². The predicted molar refractivity (Wildman–Crippen MR) is 111 cm³/mol. The number of aromatic nitrogens is 5. The molecule has 0 radical (unpaired) electrons. The van der Waals surface area contributed by atoms with Gasteiger partial charge in [-0.3, -0.25) is 4.79 Å². The average Bonchev–Trinajstić information content (AvgIpc) is 3.26. The molecule has 0 bridgehead atoms. The normalized spacial score (nSPS) is 17.1. The molecule has 31 heavy (non-hydrogen) atoms. The summed E-state index contributed by atoms with van der Waals surface area (Å²) in [5, 5.41) is 10.9. The predicted octanol–water partition coefficient (Wildman–Crippen LogP) is 2.03. The third-order valence-electron chi connectivity index (χ3n) is 5.57. The number of amides is 1. The van der Waals surface area contributed by atoms with Gasteiger partial charge >= 0.3 is 0 Å². The number of ether oxygens (including phenoxy) is 2. The SMILES string of the molecule is Cc1nc(CNC(=O)c2cn(C[C@H]3COc4ccccc4O3)nn2)nc2c1CCCC2. The first-order valence-electron chi connectivity index (χ1n) is 10.6. The van der Waals surface area contributed by atoms with Crippen LogP contribution in [0.1, 0.15) is 46.1 Å². The highest BCUT2D eigenvalue weighted by atomic mass is 16.6. The van der Waals surface area contributed by atoms with E-state index in [0.717, 1.165) is 36.4 Å². The summed E-state index contributed by atoms with van der Waals surface area (Å²) < 4.78 is 13.3. The van der Waals surface area contributed by atoms with Crippen LogP contribution in [0.4, 0.5) is 0 Å². The van der Waals surface area contributed by atoms with Crippen LogP contribution in [-0.4, -0.2) is 43.6 Å². The van der Waals surface area contributed by atoms with E-state index >= 15 is 0 Å². The Kier molecular flexibility index (Phi) is 5.23. The Hall–Kier alpha value is -3.49. The number of rotatable bonds is 5. The number of nitrogens with zero attached hydrogens (tertiary/aromatic N) is 5. The lowest BCUT2D eigenvalue weighted by molar-refractivity contribution is 0.0754. The highest BCUT2D eigenvalue weighted by Crippen LogP contribution is 2.31. The molecule has 9 heteroatoms. The first kappa shape index (κ1) is 19.5. The van der Waals surface area contributed by atoms with Crippen molar-refractivity contribution in [3.63, 3.8) is 0 Å². The maximum atomic E-state index is 12.5. The van der Waals surface area contributed by atoms with Crippen LogP contribution in [0.3, 0.4) is 0 Å². The van der Waals surface area contributed by atoms with Gasteiger partial charge in [0.1, 0.15) is 12.4 Å². The van der Waals surface area contributed by atoms with Crippen molar-refractivity contribution in [2.75, 3.05) is 6.61 Å². The maximum absolute atomic E-state index is 12.5. The fourth-order valence-corrected chi connectivity index (χ4v) is 4.03. The number of para-hydroxylation sites is 2. The lowest BCUT2D eigenvalue weighted by atomic mass is 9.95. The number of fused-ring (bicyclic) bond motifs is 2. The molecule has 5 rings (SSSR count). The van der Waals surface area contributed by atoms with E-state index < -0.39 is 0 Å². The molecule has 0 saturated heterocycles. The Morgan fingerprint density at radius 1 is 1.19 bits per heavy atom. The number of carbonyl (C=O) groups is 1. The molecule has 3 heterocycles. The highest BCUT2D eigenvalue weighted by Gasteiger charge is 2.22. The summed E-state index contributed by atoms with van der Waals surface area (Å²) in [6.07, 6.45) is 5.76. The summed E-state index contributed by atoms with van der Waals surface area (Å²) in [5.74, 6) is 1.76. The van der Waals surface area contributed by atoms with Crippen molar-refractivity contribution < 1.29 is 14.3 Å². The monoisotopic (exact) mass is 420 g/mol. The molecular formula is C22H24N6O3. The molecule has 2 aliphatic rings. The first-order chi connectivity index (χ1) is 15.2. The highest BCUT2D eigenvalue weighted by molar-refractivity contribution is 5.91. The smallest absolute Gasteiger partial charge is 0.273 e. The van der Waals surface area contributed by atoms with Gasteiger partial charge in [0.2, 0.25) is 0 Å². The number of nitrogens with one attached hydrogen (secondary N) is 1. The van der Waals surface area contributed by atoms with E-state index in [4.69, 9.17) is 9.47 Å². The number of benzene rings is 1. The van der Waals surface area contributed by atoms with Crippen LogP contribution < -0.4 is 14.8 Å². The summed E-state index contributed by atoms with van der Waals surface area (Å²) in [5.41, 5.74) is 3.63. The summed E-state index contributed by atoms with van der Waals surface area (Å²) in [6.45, 7) is 3.11. The van der Waals surface area contributed by atoms with Gasteiger partial charge in [0, 0.05) is 11.4 Å². The minimum absolute atomic E-state index is 0.209. The Bertz CT molecular complexity index is 1110. The van der Waals surface area contributed by atoms with Gasteiger partial charge in [0.25, 0.3) is 5.91 Å². The molecule has 9 nitrogen and oxygen atoms in total.